The number of carbonyl (C=O) groups excluding carboxylic acids is 12. The number of esters is 1. The Labute approximate surface area is 449 Å². The summed E-state index contributed by atoms with van der Waals surface area (Å²) in [6.07, 6.45) is -0.0689. The molecule has 10 atom stereocenters. The van der Waals surface area contributed by atoms with E-state index in [0.717, 1.165) is 0 Å². The molecule has 0 aromatic heterocycles. The molecule has 3 aliphatic heterocycles. The summed E-state index contributed by atoms with van der Waals surface area (Å²) in [6, 6.07) is -5.23. The SMILES string of the molecule is CCCC(=O)N[C@H](C(=O)NC1COC(=O)[C@@H]2CCCN2C(=O)[C@H](Cc2ccc(O)cc2)NC(=O)[C@H](CC(N)=O)NC(=O)CNC(=O)[C@H](CC(C)C)NC(=O)CC(=O)[C@@H](CC(C)C)NC(=O)C2C[C@H](C)CN2C1=O)[C@@H](C)CC. The van der Waals surface area contributed by atoms with Crippen LogP contribution in [0, 0.1) is 23.7 Å². The van der Waals surface area contributed by atoms with Gasteiger partial charge in [0.15, 0.2) is 5.78 Å². The van der Waals surface area contributed by atoms with Crippen molar-refractivity contribution in [3.63, 3.8) is 0 Å². The zero-order valence-corrected chi connectivity index (χ0v) is 45.6. The van der Waals surface area contributed by atoms with Crippen molar-refractivity contribution in [2.45, 2.75) is 174 Å². The van der Waals surface area contributed by atoms with Gasteiger partial charge in [-0.1, -0.05) is 73.9 Å². The van der Waals surface area contributed by atoms with Crippen molar-refractivity contribution in [3.05, 3.63) is 29.8 Å². The summed E-state index contributed by atoms with van der Waals surface area (Å²) in [4.78, 5) is 169. The Balaban J connectivity index is 1.81. The van der Waals surface area contributed by atoms with E-state index in [-0.39, 0.29) is 81.5 Å². The van der Waals surface area contributed by atoms with Gasteiger partial charge in [-0.3, -0.25) is 52.7 Å². The molecule has 4 rings (SSSR count). The lowest BCUT2D eigenvalue weighted by Crippen LogP contribution is -2.60. The molecule has 0 bridgehead atoms. The van der Waals surface area contributed by atoms with Crippen molar-refractivity contribution in [2.75, 3.05) is 26.2 Å². The number of amides is 10. The minimum atomic E-state index is -1.69. The van der Waals surface area contributed by atoms with Gasteiger partial charge in [-0.15, -0.1) is 0 Å². The molecule has 426 valence electrons. The van der Waals surface area contributed by atoms with Gasteiger partial charge in [0.25, 0.3) is 0 Å². The Morgan fingerprint density at radius 1 is 0.779 bits per heavy atom. The van der Waals surface area contributed by atoms with E-state index in [4.69, 9.17) is 10.5 Å². The molecule has 0 saturated carbocycles. The van der Waals surface area contributed by atoms with E-state index < -0.39 is 151 Å². The van der Waals surface area contributed by atoms with E-state index in [9.17, 15) is 62.6 Å². The molecule has 0 aliphatic carbocycles. The van der Waals surface area contributed by atoms with Crippen LogP contribution in [0.4, 0.5) is 0 Å². The summed E-state index contributed by atoms with van der Waals surface area (Å²) in [6.45, 7) is 12.7. The number of fused-ring (bicyclic) bond motifs is 2. The zero-order valence-electron chi connectivity index (χ0n) is 45.6. The number of hydrogen-bond donors (Lipinski definition) is 9. The first kappa shape index (κ1) is 62.4. The monoisotopic (exact) mass is 1080 g/mol. The molecule has 24 heteroatoms. The quantitative estimate of drug-likeness (QED) is 0.0792. The van der Waals surface area contributed by atoms with Gasteiger partial charge in [0.2, 0.25) is 59.1 Å². The Hall–Kier alpha value is -7.14. The van der Waals surface area contributed by atoms with Gasteiger partial charge >= 0.3 is 5.97 Å². The number of aromatic hydroxyl groups is 1. The molecule has 3 fully saturated rings. The number of nitrogens with zero attached hydrogens (tertiary/aromatic N) is 2. The maximum absolute atomic E-state index is 14.9. The van der Waals surface area contributed by atoms with Crippen LogP contribution in [0.3, 0.4) is 0 Å². The lowest BCUT2D eigenvalue weighted by Gasteiger charge is -2.32. The van der Waals surface area contributed by atoms with Gasteiger partial charge < -0.3 is 62.6 Å². The van der Waals surface area contributed by atoms with Crippen molar-refractivity contribution in [1.82, 2.24) is 47.0 Å². The first-order valence-electron chi connectivity index (χ1n) is 26.7. The van der Waals surface area contributed by atoms with E-state index in [2.05, 4.69) is 37.2 Å². The van der Waals surface area contributed by atoms with E-state index in [1.807, 2.05) is 6.92 Å². The average molecular weight is 1080 g/mol. The molecule has 3 aliphatic rings. The van der Waals surface area contributed by atoms with Crippen molar-refractivity contribution in [2.24, 2.45) is 29.4 Å². The number of rotatable bonds is 15. The molecule has 2 unspecified atom stereocenters. The number of phenolic OH excluding ortho intramolecular Hbond substituents is 1. The highest BCUT2D eigenvalue weighted by Crippen LogP contribution is 2.26. The van der Waals surface area contributed by atoms with Crippen molar-refractivity contribution >= 4 is 70.8 Å². The summed E-state index contributed by atoms with van der Waals surface area (Å²) in [5.41, 5.74) is 5.94. The number of primary amides is 1. The molecule has 10 amide bonds. The van der Waals surface area contributed by atoms with E-state index in [0.29, 0.717) is 18.4 Å². The van der Waals surface area contributed by atoms with Crippen LogP contribution in [0.15, 0.2) is 24.3 Å². The van der Waals surface area contributed by atoms with Gasteiger partial charge in [0.1, 0.15) is 54.6 Å². The van der Waals surface area contributed by atoms with Gasteiger partial charge in [0.05, 0.1) is 25.4 Å². The Morgan fingerprint density at radius 3 is 2.04 bits per heavy atom. The number of carbonyl (C=O) groups is 12. The normalized spacial score (nSPS) is 25.8. The van der Waals surface area contributed by atoms with Crippen LogP contribution in [0.25, 0.3) is 0 Å². The highest BCUT2D eigenvalue weighted by Gasteiger charge is 2.45. The standard InChI is InChI=1S/C53H80N10O14/c1-9-12-43(67)61-46(31(8)10-2)50(73)60-38-27-77-53(76)39-13-11-18-62(39)51(74)37(22-32-14-16-33(64)17-15-32)59-48(71)36(23-42(54)66)57-45(69)25-55-47(70)35(20-29(5)6)56-44(68)24-41(65)34(19-28(3)4)58-49(72)40-21-30(7)26-63(40)52(38)75/h14-17,28-31,34-40,46,64H,9-13,18-27H2,1-8H3,(H2,54,66)(H,55,70)(H,56,68)(H,57,69)(H,58,72)(H,59,71)(H,60,73)(H,61,67)/t30-,31-,34+,35-,36-,37-,38?,39-,40?,46-/m0/s1. The Kier molecular flexibility index (Phi) is 23.8. The first-order chi connectivity index (χ1) is 36.3. The third-order valence-corrected chi connectivity index (χ3v) is 13.8. The second kappa shape index (κ2) is 29.4. The van der Waals surface area contributed by atoms with Crippen LogP contribution in [0.2, 0.25) is 0 Å². The van der Waals surface area contributed by atoms with E-state index in [1.54, 1.807) is 48.5 Å². The predicted molar refractivity (Wildman–Crippen MR) is 278 cm³/mol. The van der Waals surface area contributed by atoms with Crippen molar-refractivity contribution < 1.29 is 67.4 Å². The predicted octanol–water partition coefficient (Wildman–Crippen LogP) is -0.482. The molecular formula is C53H80N10O14. The highest BCUT2D eigenvalue weighted by atomic mass is 16.5. The largest absolute Gasteiger partial charge is 0.508 e. The maximum Gasteiger partial charge on any atom is 0.328 e. The number of phenols is 1. The molecule has 3 saturated heterocycles. The van der Waals surface area contributed by atoms with Crippen molar-refractivity contribution in [3.8, 4) is 5.75 Å². The minimum Gasteiger partial charge on any atom is -0.508 e. The smallest absolute Gasteiger partial charge is 0.328 e. The van der Waals surface area contributed by atoms with Crippen LogP contribution >= 0.6 is 0 Å². The Morgan fingerprint density at radius 2 is 1.42 bits per heavy atom. The topological polar surface area (TPSA) is 351 Å². The molecule has 24 nitrogen and oxygen atoms in total. The van der Waals surface area contributed by atoms with Crippen LogP contribution in [0.5, 0.6) is 5.75 Å². The van der Waals surface area contributed by atoms with Gasteiger partial charge in [-0.25, -0.2) is 4.79 Å². The zero-order chi connectivity index (χ0) is 57.3. The molecule has 3 heterocycles. The summed E-state index contributed by atoms with van der Waals surface area (Å²) in [5, 5.41) is 28.1. The molecule has 10 N–H and O–H groups in total. The minimum absolute atomic E-state index is 0.00411. The van der Waals surface area contributed by atoms with Gasteiger partial charge in [-0.05, 0) is 79.9 Å². The number of nitrogens with two attached hydrogens (primary N) is 1. The molecule has 77 heavy (non-hydrogen) atoms. The number of hydrogen-bond acceptors (Lipinski definition) is 14. The lowest BCUT2D eigenvalue weighted by molar-refractivity contribution is -0.157. The number of Topliss-reactive ketones (excluding diaryl/α,β-unsaturated/α-hetero) is 1. The number of ketones is 1. The first-order valence-corrected chi connectivity index (χ1v) is 26.7. The summed E-state index contributed by atoms with van der Waals surface area (Å²) >= 11 is 0. The molecule has 1 aromatic rings. The second-order valence-electron chi connectivity index (χ2n) is 21.4. The van der Waals surface area contributed by atoms with E-state index >= 15 is 0 Å². The summed E-state index contributed by atoms with van der Waals surface area (Å²) < 4.78 is 5.82. The van der Waals surface area contributed by atoms with Crippen LogP contribution in [-0.2, 0) is 68.7 Å². The van der Waals surface area contributed by atoms with Gasteiger partial charge in [0, 0.05) is 25.9 Å². The fraction of sp³-hybridized carbons (Fsp3) is 0.660. The summed E-state index contributed by atoms with van der Waals surface area (Å²) in [7, 11) is 0. The fourth-order valence-electron chi connectivity index (χ4n) is 9.61. The van der Waals surface area contributed by atoms with Crippen molar-refractivity contribution in [1.29, 1.82) is 0 Å². The lowest BCUT2D eigenvalue weighted by atomic mass is 9.97. The number of cyclic esters (lactones) is 1. The number of benzene rings is 1. The van der Waals surface area contributed by atoms with Crippen LogP contribution in [0.1, 0.15) is 125 Å². The number of ether oxygens (including phenoxy) is 1. The third kappa shape index (κ3) is 18.8. The average Bonchev–Trinajstić information content (AvgIpc) is 4.02. The van der Waals surface area contributed by atoms with Crippen LogP contribution < -0.4 is 43.0 Å². The maximum atomic E-state index is 14.9. The molecule has 1 aromatic carbocycles. The Bertz CT molecular complexity index is 2330. The third-order valence-electron chi connectivity index (χ3n) is 13.8. The molecule has 0 radical (unpaired) electrons. The molecule has 0 spiro atoms. The summed E-state index contributed by atoms with van der Waals surface area (Å²) in [5.74, 6) is -11.1. The van der Waals surface area contributed by atoms with Crippen LogP contribution in [-0.4, -0.2) is 160 Å². The second-order valence-corrected chi connectivity index (χ2v) is 21.4. The fourth-order valence-corrected chi connectivity index (χ4v) is 9.61. The van der Waals surface area contributed by atoms with Gasteiger partial charge in [-0.2, -0.15) is 0 Å². The highest BCUT2D eigenvalue weighted by molar-refractivity contribution is 6.04. The van der Waals surface area contributed by atoms with E-state index in [1.165, 1.54) is 34.1 Å². The number of nitrogens with one attached hydrogen (secondary N) is 7. The molecular weight excluding hydrogens is 1000 g/mol.